The van der Waals surface area contributed by atoms with Gasteiger partial charge in [0.2, 0.25) is 7.41 Å². The predicted molar refractivity (Wildman–Crippen MR) is 71.9 cm³/mol. The summed E-state index contributed by atoms with van der Waals surface area (Å²) < 4.78 is 5.24. The summed E-state index contributed by atoms with van der Waals surface area (Å²) >= 11 is 0. The van der Waals surface area contributed by atoms with Gasteiger partial charge in [-0.2, -0.15) is 0 Å². The van der Waals surface area contributed by atoms with Gasteiger partial charge in [0, 0.05) is 0 Å². The average Bonchev–Trinajstić information content (AvgIpc) is 2.30. The molecule has 0 unspecified atom stereocenters. The van der Waals surface area contributed by atoms with Gasteiger partial charge < -0.3 is 9.55 Å². The molecule has 0 saturated carbocycles. The normalized spacial score (nSPS) is 10.5. The van der Waals surface area contributed by atoms with E-state index in [4.69, 9.17) is 4.74 Å². The molecule has 1 aromatic rings. The molecule has 0 bridgehead atoms. The van der Waals surface area contributed by atoms with Crippen molar-refractivity contribution >= 4 is 12.9 Å². The van der Waals surface area contributed by atoms with Gasteiger partial charge in [-0.3, -0.25) is 0 Å². The second-order valence-corrected chi connectivity index (χ2v) is 4.13. The Morgan fingerprint density at radius 2 is 1.88 bits per heavy atom. The van der Waals surface area contributed by atoms with E-state index in [1.807, 2.05) is 6.07 Å². The smallest absolute Gasteiger partial charge is 0.238 e. The molecule has 3 heteroatoms. The molecule has 0 radical (unpaired) electrons. The third-order valence-electron chi connectivity index (χ3n) is 2.62. The molecule has 1 aromatic carbocycles. The third-order valence-corrected chi connectivity index (χ3v) is 2.62. The Kier molecular flexibility index (Phi) is 6.01. The van der Waals surface area contributed by atoms with Crippen LogP contribution in [0.15, 0.2) is 24.3 Å². The van der Waals surface area contributed by atoms with Crippen molar-refractivity contribution in [2.45, 2.75) is 26.7 Å². The summed E-state index contributed by atoms with van der Waals surface area (Å²) in [7, 11) is 2.74. The molecule has 88 valence electrons. The Balaban J connectivity index is 2.60. The summed E-state index contributed by atoms with van der Waals surface area (Å²) in [6, 6.07) is 8.34. The first-order valence-corrected chi connectivity index (χ1v) is 6.15. The van der Waals surface area contributed by atoms with Crippen molar-refractivity contribution in [3.8, 4) is 5.75 Å². The quantitative estimate of drug-likeness (QED) is 0.648. The fraction of sp³-hybridized carbons (Fsp3) is 0.538. The van der Waals surface area contributed by atoms with Crippen LogP contribution in [-0.4, -0.2) is 32.4 Å². The van der Waals surface area contributed by atoms with Crippen molar-refractivity contribution < 1.29 is 4.74 Å². The summed E-state index contributed by atoms with van der Waals surface area (Å²) in [6.07, 6.45) is 2.42. The lowest BCUT2D eigenvalue weighted by molar-refractivity contribution is 0.415. The van der Waals surface area contributed by atoms with Gasteiger partial charge in [-0.05, 0) is 38.1 Å². The maximum atomic E-state index is 5.24. The summed E-state index contributed by atoms with van der Waals surface area (Å²) in [6.45, 7) is 6.80. The second kappa shape index (κ2) is 7.34. The molecular weight excluding hydrogens is 197 g/mol. The number of methoxy groups -OCH3 is 1. The summed E-state index contributed by atoms with van der Waals surface area (Å²) in [5.41, 5.74) is 1.33. The van der Waals surface area contributed by atoms with Crippen LogP contribution in [0.25, 0.3) is 0 Å². The summed E-state index contributed by atoms with van der Waals surface area (Å²) in [5.74, 6) is 0.949. The average molecular weight is 219 g/mol. The first-order valence-electron chi connectivity index (χ1n) is 6.15. The lowest BCUT2D eigenvalue weighted by Crippen LogP contribution is -2.37. The third kappa shape index (κ3) is 4.27. The van der Waals surface area contributed by atoms with Crippen LogP contribution in [-0.2, 0) is 0 Å². The Bertz CT molecular complexity index is 298. The van der Waals surface area contributed by atoms with E-state index in [1.165, 1.54) is 31.4 Å². The molecule has 2 nitrogen and oxygen atoms in total. The molecule has 0 aromatic heterocycles. The van der Waals surface area contributed by atoms with Crippen molar-refractivity contribution in [2.75, 3.05) is 20.2 Å². The zero-order valence-corrected chi connectivity index (χ0v) is 10.7. The molecule has 16 heavy (non-hydrogen) atoms. The Hall–Kier alpha value is -0.955. The molecule has 0 saturated heterocycles. The van der Waals surface area contributed by atoms with E-state index in [1.54, 1.807) is 7.11 Å². The molecule has 0 amide bonds. The summed E-state index contributed by atoms with van der Waals surface area (Å²) in [5, 5.41) is 0. The lowest BCUT2D eigenvalue weighted by Gasteiger charge is -2.20. The maximum absolute atomic E-state index is 5.24. The van der Waals surface area contributed by atoms with Crippen LogP contribution in [0.2, 0.25) is 0 Å². The SMILES string of the molecule is CCCN(Bc1cccc(OC)c1)CCC. The number of nitrogens with zero attached hydrogens (tertiary/aromatic N) is 1. The van der Waals surface area contributed by atoms with Gasteiger partial charge in [-0.25, -0.2) is 0 Å². The fourth-order valence-corrected chi connectivity index (χ4v) is 1.93. The number of hydrogen-bond donors (Lipinski definition) is 0. The zero-order valence-electron chi connectivity index (χ0n) is 10.7. The molecule has 0 atom stereocenters. The molecule has 1 rings (SSSR count). The van der Waals surface area contributed by atoms with Crippen LogP contribution in [0.4, 0.5) is 0 Å². The van der Waals surface area contributed by atoms with Gasteiger partial charge in [-0.1, -0.05) is 31.4 Å². The number of hydrogen-bond acceptors (Lipinski definition) is 2. The number of ether oxygens (including phenoxy) is 1. The first kappa shape index (κ1) is 13.1. The lowest BCUT2D eigenvalue weighted by atomic mass is 9.80. The van der Waals surface area contributed by atoms with Crippen LogP contribution >= 0.6 is 0 Å². The second-order valence-electron chi connectivity index (χ2n) is 4.13. The number of benzene rings is 1. The number of rotatable bonds is 7. The highest BCUT2D eigenvalue weighted by molar-refractivity contribution is 6.50. The topological polar surface area (TPSA) is 12.5 Å². The van der Waals surface area contributed by atoms with Crippen LogP contribution in [0.5, 0.6) is 5.75 Å². The Labute approximate surface area is 99.9 Å². The van der Waals surface area contributed by atoms with E-state index in [0.717, 1.165) is 13.2 Å². The van der Waals surface area contributed by atoms with E-state index >= 15 is 0 Å². The Morgan fingerprint density at radius 3 is 2.44 bits per heavy atom. The van der Waals surface area contributed by atoms with E-state index < -0.39 is 0 Å². The van der Waals surface area contributed by atoms with E-state index in [9.17, 15) is 0 Å². The van der Waals surface area contributed by atoms with Gasteiger partial charge in [-0.15, -0.1) is 0 Å². The highest BCUT2D eigenvalue weighted by Crippen LogP contribution is 2.05. The van der Waals surface area contributed by atoms with Crippen LogP contribution in [0, 0.1) is 0 Å². The van der Waals surface area contributed by atoms with Gasteiger partial charge >= 0.3 is 0 Å². The predicted octanol–water partition coefficient (Wildman–Crippen LogP) is 1.79. The minimum absolute atomic E-state index is 0.949. The van der Waals surface area contributed by atoms with E-state index in [-0.39, 0.29) is 0 Å². The van der Waals surface area contributed by atoms with Crippen molar-refractivity contribution in [1.82, 2.24) is 4.81 Å². The minimum Gasteiger partial charge on any atom is -0.497 e. The van der Waals surface area contributed by atoms with Gasteiger partial charge in [0.25, 0.3) is 0 Å². The molecule has 0 aliphatic rings. The molecule has 0 N–H and O–H groups in total. The van der Waals surface area contributed by atoms with Crippen LogP contribution < -0.4 is 10.2 Å². The fourth-order valence-electron chi connectivity index (χ4n) is 1.93. The molecule has 0 aliphatic heterocycles. The van der Waals surface area contributed by atoms with Gasteiger partial charge in [0.1, 0.15) is 5.75 Å². The van der Waals surface area contributed by atoms with Gasteiger partial charge in [0.15, 0.2) is 0 Å². The van der Waals surface area contributed by atoms with Crippen molar-refractivity contribution in [3.63, 3.8) is 0 Å². The first-order chi connectivity index (χ1) is 7.80. The van der Waals surface area contributed by atoms with Crippen molar-refractivity contribution in [1.29, 1.82) is 0 Å². The monoisotopic (exact) mass is 219 g/mol. The molecule has 0 aliphatic carbocycles. The molecule has 0 fully saturated rings. The molecular formula is C13H22BNO. The standard InChI is InChI=1S/C13H22BNO/c1-4-9-15(10-5-2)14-12-7-6-8-13(11-12)16-3/h6-8,11,14H,4-5,9-10H2,1-3H3. The maximum Gasteiger partial charge on any atom is 0.238 e. The molecule has 0 spiro atoms. The highest BCUT2D eigenvalue weighted by Gasteiger charge is 2.06. The van der Waals surface area contributed by atoms with Crippen molar-refractivity contribution in [2.24, 2.45) is 0 Å². The largest absolute Gasteiger partial charge is 0.497 e. The van der Waals surface area contributed by atoms with E-state index in [2.05, 4.69) is 36.9 Å². The zero-order chi connectivity index (χ0) is 11.8. The summed E-state index contributed by atoms with van der Waals surface area (Å²) in [4.78, 5) is 2.49. The van der Waals surface area contributed by atoms with Gasteiger partial charge in [0.05, 0.1) is 7.11 Å². The Morgan fingerprint density at radius 1 is 1.19 bits per heavy atom. The van der Waals surface area contributed by atoms with E-state index in [0.29, 0.717) is 0 Å². The van der Waals surface area contributed by atoms with Crippen LogP contribution in [0.1, 0.15) is 26.7 Å². The van der Waals surface area contributed by atoms with Crippen molar-refractivity contribution in [3.05, 3.63) is 24.3 Å². The minimum atomic E-state index is 0.949. The highest BCUT2D eigenvalue weighted by atomic mass is 16.5. The molecule has 0 heterocycles. The van der Waals surface area contributed by atoms with Crippen LogP contribution in [0.3, 0.4) is 0 Å².